The van der Waals surface area contributed by atoms with Crippen LogP contribution in [0.2, 0.25) is 5.02 Å². The fraction of sp³-hybridized carbons (Fsp3) is 0.633. The fourth-order valence-corrected chi connectivity index (χ4v) is 6.19. The predicted molar refractivity (Wildman–Crippen MR) is 162 cm³/mol. The molecular weight excluding hydrogens is 596 g/mol. The van der Waals surface area contributed by atoms with Gasteiger partial charge in [0.25, 0.3) is 5.91 Å². The zero-order chi connectivity index (χ0) is 32.1. The Morgan fingerprint density at radius 2 is 1.74 bits per heavy atom. The number of Topliss-reactive ketones (excluding diaryl/α,β-unsaturated/α-hetero) is 1. The van der Waals surface area contributed by atoms with E-state index < -0.39 is 56.8 Å². The van der Waals surface area contributed by atoms with E-state index in [0.717, 1.165) is 19.1 Å². The van der Waals surface area contributed by atoms with Crippen molar-refractivity contribution in [3.63, 3.8) is 0 Å². The average Bonchev–Trinajstić information content (AvgIpc) is 3.63. The Bertz CT molecular complexity index is 1350. The minimum Gasteiger partial charge on any atom is -0.356 e. The van der Waals surface area contributed by atoms with Gasteiger partial charge in [-0.3, -0.25) is 24.0 Å². The molecule has 2 aliphatic rings. The molecule has 43 heavy (non-hydrogen) atoms. The van der Waals surface area contributed by atoms with E-state index in [1.165, 1.54) is 12.1 Å². The first-order valence-electron chi connectivity index (χ1n) is 14.7. The molecule has 3 rings (SSSR count). The normalized spacial score (nSPS) is 19.1. The summed E-state index contributed by atoms with van der Waals surface area (Å²) in [5.74, 6) is -3.77. The number of ketones is 1. The first-order chi connectivity index (χ1) is 20.0. The van der Waals surface area contributed by atoms with Crippen LogP contribution in [0.5, 0.6) is 0 Å². The van der Waals surface area contributed by atoms with Gasteiger partial charge in [-0.15, -0.1) is 0 Å². The van der Waals surface area contributed by atoms with Gasteiger partial charge in [-0.05, 0) is 67.6 Å². The summed E-state index contributed by atoms with van der Waals surface area (Å²) in [7, 11) is -3.46. The number of carbonyl (C=O) groups excluding carboxylic acids is 5. The van der Waals surface area contributed by atoms with Crippen LogP contribution < -0.4 is 21.3 Å². The molecule has 238 valence electrons. The van der Waals surface area contributed by atoms with Gasteiger partial charge in [0.05, 0.1) is 10.9 Å². The van der Waals surface area contributed by atoms with Gasteiger partial charge in [0.15, 0.2) is 9.84 Å². The smallest absolute Gasteiger partial charge is 0.289 e. The van der Waals surface area contributed by atoms with Crippen LogP contribution in [0.4, 0.5) is 0 Å². The minimum absolute atomic E-state index is 0.0171. The van der Waals surface area contributed by atoms with E-state index in [9.17, 15) is 32.4 Å². The Hall–Kier alpha value is -2.99. The highest BCUT2D eigenvalue weighted by Crippen LogP contribution is 2.32. The van der Waals surface area contributed by atoms with Crippen molar-refractivity contribution in [1.29, 1.82) is 0 Å². The molecule has 4 amide bonds. The SMILES string of the molecule is CC[C@@H](CC(=O)N[C@@H](CC(C)(C)C)C(=O)NC(C[C@@H]1CCNC1=O)C(=O)C(=O)NC1CC1)c1ccc(S(C)(=O)=O)cc1Cl. The maximum absolute atomic E-state index is 13.6. The minimum atomic E-state index is -3.46. The van der Waals surface area contributed by atoms with E-state index in [2.05, 4.69) is 21.3 Å². The van der Waals surface area contributed by atoms with Crippen molar-refractivity contribution in [3.8, 4) is 0 Å². The van der Waals surface area contributed by atoms with Gasteiger partial charge in [0.2, 0.25) is 23.5 Å². The third kappa shape index (κ3) is 10.3. The maximum atomic E-state index is 13.6. The highest BCUT2D eigenvalue weighted by atomic mass is 35.5. The molecule has 2 fully saturated rings. The Labute approximate surface area is 258 Å². The van der Waals surface area contributed by atoms with Gasteiger partial charge >= 0.3 is 0 Å². The van der Waals surface area contributed by atoms with Gasteiger partial charge in [-0.25, -0.2) is 8.42 Å². The van der Waals surface area contributed by atoms with Crippen LogP contribution >= 0.6 is 11.6 Å². The summed E-state index contributed by atoms with van der Waals surface area (Å²) < 4.78 is 23.8. The molecule has 1 aliphatic heterocycles. The summed E-state index contributed by atoms with van der Waals surface area (Å²) >= 11 is 6.41. The molecule has 13 heteroatoms. The van der Waals surface area contributed by atoms with E-state index in [1.807, 2.05) is 27.7 Å². The van der Waals surface area contributed by atoms with Gasteiger partial charge in [-0.1, -0.05) is 45.4 Å². The molecule has 1 aromatic rings. The Morgan fingerprint density at radius 1 is 1.07 bits per heavy atom. The number of nitrogens with one attached hydrogen (secondary N) is 4. The lowest BCUT2D eigenvalue weighted by Crippen LogP contribution is -2.55. The molecule has 0 bridgehead atoms. The molecular formula is C30H43ClN4O7S. The summed E-state index contributed by atoms with van der Waals surface area (Å²) in [5, 5.41) is 11.1. The number of rotatable bonds is 14. The standard InChI is InChI=1S/C30H43ClN4O7S/c1-6-17(21-10-9-20(15-22(21)31)43(5,41)42)14-25(36)34-24(16-30(2,3)4)28(39)35-23(13-18-11-12-32-27(18)38)26(37)29(40)33-19-7-8-19/h9-10,15,17-19,23-24H,6-8,11-14,16H2,1-5H3,(H,32,38)(H,33,40)(H,34,36)(H,35,39)/t17-,18-,23?,24-/m0/s1. The van der Waals surface area contributed by atoms with Gasteiger partial charge in [0, 0.05) is 36.2 Å². The van der Waals surface area contributed by atoms with Crippen LogP contribution in [0.15, 0.2) is 23.1 Å². The van der Waals surface area contributed by atoms with Crippen molar-refractivity contribution >= 4 is 50.9 Å². The van der Waals surface area contributed by atoms with Crippen LogP contribution in [-0.2, 0) is 33.8 Å². The molecule has 4 atom stereocenters. The lowest BCUT2D eigenvalue weighted by atomic mass is 9.87. The molecule has 11 nitrogen and oxygen atoms in total. The molecule has 1 aliphatic carbocycles. The first kappa shape index (κ1) is 34.5. The van der Waals surface area contributed by atoms with E-state index in [-0.39, 0.29) is 47.0 Å². The number of sulfone groups is 1. The van der Waals surface area contributed by atoms with E-state index >= 15 is 0 Å². The summed E-state index contributed by atoms with van der Waals surface area (Å²) in [4.78, 5) is 65.0. The first-order valence-corrected chi connectivity index (χ1v) is 17.0. The molecule has 4 N–H and O–H groups in total. The van der Waals surface area contributed by atoms with Crippen molar-refractivity contribution in [1.82, 2.24) is 21.3 Å². The van der Waals surface area contributed by atoms with Crippen LogP contribution in [-0.4, -0.2) is 68.8 Å². The lowest BCUT2D eigenvalue weighted by molar-refractivity contribution is -0.141. The topological polar surface area (TPSA) is 168 Å². The fourth-order valence-electron chi connectivity index (χ4n) is 5.14. The Balaban J connectivity index is 1.76. The zero-order valence-electron chi connectivity index (χ0n) is 25.4. The van der Waals surface area contributed by atoms with E-state index in [4.69, 9.17) is 11.6 Å². The molecule has 1 saturated carbocycles. The molecule has 1 aromatic carbocycles. The second-order valence-electron chi connectivity index (χ2n) is 12.8. The largest absolute Gasteiger partial charge is 0.356 e. The highest BCUT2D eigenvalue weighted by molar-refractivity contribution is 7.90. The van der Waals surface area contributed by atoms with E-state index in [0.29, 0.717) is 24.9 Å². The van der Waals surface area contributed by atoms with E-state index in [1.54, 1.807) is 6.07 Å². The van der Waals surface area contributed by atoms with Crippen LogP contribution in [0.25, 0.3) is 0 Å². The molecule has 1 heterocycles. The van der Waals surface area contributed by atoms with Crippen molar-refractivity contribution < 1.29 is 32.4 Å². The van der Waals surface area contributed by atoms with Crippen molar-refractivity contribution in [2.24, 2.45) is 11.3 Å². The summed E-state index contributed by atoms with van der Waals surface area (Å²) in [6.07, 6.45) is 3.86. The second-order valence-corrected chi connectivity index (χ2v) is 15.3. The maximum Gasteiger partial charge on any atom is 0.289 e. The van der Waals surface area contributed by atoms with Crippen molar-refractivity contribution in [3.05, 3.63) is 28.8 Å². The van der Waals surface area contributed by atoms with Gasteiger partial charge < -0.3 is 21.3 Å². The molecule has 0 aromatic heterocycles. The Kier molecular flexibility index (Phi) is 11.4. The van der Waals surface area contributed by atoms with Crippen LogP contribution in [0.3, 0.4) is 0 Å². The number of amides is 4. The molecule has 0 radical (unpaired) electrons. The third-order valence-electron chi connectivity index (χ3n) is 7.69. The summed E-state index contributed by atoms with van der Waals surface area (Å²) in [5.41, 5.74) is 0.226. The number of benzene rings is 1. The predicted octanol–water partition coefficient (Wildman–Crippen LogP) is 2.41. The van der Waals surface area contributed by atoms with Crippen molar-refractivity contribution in [2.45, 2.75) is 102 Å². The molecule has 0 spiro atoms. The molecule has 1 saturated heterocycles. The van der Waals surface area contributed by atoms with Crippen LogP contribution in [0, 0.1) is 11.3 Å². The summed E-state index contributed by atoms with van der Waals surface area (Å²) in [6, 6.07) is 2.11. The molecule has 1 unspecified atom stereocenters. The van der Waals surface area contributed by atoms with Crippen LogP contribution in [0.1, 0.15) is 84.1 Å². The zero-order valence-corrected chi connectivity index (χ0v) is 27.0. The lowest BCUT2D eigenvalue weighted by Gasteiger charge is -2.29. The highest BCUT2D eigenvalue weighted by Gasteiger charge is 2.37. The monoisotopic (exact) mass is 638 g/mol. The average molecular weight is 639 g/mol. The van der Waals surface area contributed by atoms with Gasteiger partial charge in [0.1, 0.15) is 6.04 Å². The quantitative estimate of drug-likeness (QED) is 0.227. The number of halogens is 1. The number of hydrogen-bond donors (Lipinski definition) is 4. The number of hydrogen-bond acceptors (Lipinski definition) is 7. The van der Waals surface area contributed by atoms with Gasteiger partial charge in [-0.2, -0.15) is 0 Å². The Morgan fingerprint density at radius 3 is 2.26 bits per heavy atom. The third-order valence-corrected chi connectivity index (χ3v) is 9.12. The summed E-state index contributed by atoms with van der Waals surface area (Å²) in [6.45, 7) is 8.05. The number of carbonyl (C=O) groups is 5. The van der Waals surface area contributed by atoms with Crippen molar-refractivity contribution in [2.75, 3.05) is 12.8 Å². The second kappa shape index (κ2) is 14.2.